The lowest BCUT2D eigenvalue weighted by atomic mass is 10.1. The molecule has 248 valence electrons. The third kappa shape index (κ3) is 24.1. The van der Waals surface area contributed by atoms with Crippen LogP contribution in [0.2, 0.25) is 0 Å². The molecule has 0 aromatic heterocycles. The molecule has 1 aromatic carbocycles. The Morgan fingerprint density at radius 1 is 0.651 bits per heavy atom. The molecule has 0 fully saturated rings. The van der Waals surface area contributed by atoms with Crippen molar-refractivity contribution in [3.63, 3.8) is 0 Å². The molecule has 0 aliphatic heterocycles. The van der Waals surface area contributed by atoms with Crippen LogP contribution < -0.4 is 4.74 Å². The Hall–Kier alpha value is -1.92. The van der Waals surface area contributed by atoms with Crippen molar-refractivity contribution < 1.29 is 24.2 Å². The lowest BCUT2D eigenvalue weighted by Crippen LogP contribution is -2.29. The van der Waals surface area contributed by atoms with Crippen LogP contribution in [0.3, 0.4) is 0 Å². The van der Waals surface area contributed by atoms with Crippen molar-refractivity contribution in [2.75, 3.05) is 32.8 Å². The van der Waals surface area contributed by atoms with Gasteiger partial charge in [0.05, 0.1) is 13.2 Å². The summed E-state index contributed by atoms with van der Waals surface area (Å²) in [7, 11) is 0. The first-order valence-corrected chi connectivity index (χ1v) is 17.9. The smallest absolute Gasteiger partial charge is 0.311 e. The predicted octanol–water partition coefficient (Wildman–Crippen LogP) is 9.20. The summed E-state index contributed by atoms with van der Waals surface area (Å²) in [4.78, 5) is 26.5. The second-order valence-corrected chi connectivity index (χ2v) is 12.2. The highest BCUT2D eigenvalue weighted by Crippen LogP contribution is 2.17. The molecule has 0 saturated carbocycles. The van der Waals surface area contributed by atoms with Crippen molar-refractivity contribution >= 4 is 11.9 Å². The number of aryl methyl sites for hydroxylation is 1. The van der Waals surface area contributed by atoms with Crippen LogP contribution in [0, 0.1) is 0 Å². The van der Waals surface area contributed by atoms with Gasteiger partial charge < -0.3 is 19.5 Å². The molecule has 1 aromatic rings. The highest BCUT2D eigenvalue weighted by Gasteiger charge is 2.07. The summed E-state index contributed by atoms with van der Waals surface area (Å²) in [6.07, 6.45) is 23.7. The number of carbonyl (C=O) groups excluding carboxylic acids is 2. The number of benzene rings is 1. The second-order valence-electron chi connectivity index (χ2n) is 12.2. The molecule has 0 aliphatic carbocycles. The van der Waals surface area contributed by atoms with Crippen LogP contribution in [0.1, 0.15) is 154 Å². The fourth-order valence-electron chi connectivity index (χ4n) is 5.39. The Morgan fingerprint density at radius 3 is 1.84 bits per heavy atom. The van der Waals surface area contributed by atoms with Gasteiger partial charge in [0.15, 0.2) is 0 Å². The average molecular weight is 604 g/mol. The summed E-state index contributed by atoms with van der Waals surface area (Å²) >= 11 is 0. The van der Waals surface area contributed by atoms with Crippen molar-refractivity contribution in [1.29, 1.82) is 0 Å². The molecule has 6 heteroatoms. The molecule has 0 amide bonds. The van der Waals surface area contributed by atoms with Crippen molar-refractivity contribution in [3.8, 4) is 5.75 Å². The first kappa shape index (κ1) is 39.1. The van der Waals surface area contributed by atoms with Crippen LogP contribution in [0.25, 0.3) is 0 Å². The van der Waals surface area contributed by atoms with E-state index >= 15 is 0 Å². The molecule has 0 saturated heterocycles. The normalized spacial score (nSPS) is 11.3. The maximum absolute atomic E-state index is 12.2. The van der Waals surface area contributed by atoms with Gasteiger partial charge in [-0.05, 0) is 75.7 Å². The molecule has 0 atom stereocenters. The van der Waals surface area contributed by atoms with E-state index < -0.39 is 0 Å². The summed E-state index contributed by atoms with van der Waals surface area (Å²) < 4.78 is 10.9. The zero-order valence-electron chi connectivity index (χ0n) is 27.9. The quantitative estimate of drug-likeness (QED) is 0.0537. The van der Waals surface area contributed by atoms with Crippen LogP contribution in [0.15, 0.2) is 24.3 Å². The molecule has 0 spiro atoms. The van der Waals surface area contributed by atoms with E-state index in [9.17, 15) is 14.7 Å². The lowest BCUT2D eigenvalue weighted by Gasteiger charge is -2.21. The van der Waals surface area contributed by atoms with Gasteiger partial charge in [-0.15, -0.1) is 0 Å². The number of unbranched alkanes of at least 4 members (excludes halogenated alkanes) is 15. The van der Waals surface area contributed by atoms with Crippen LogP contribution in [-0.2, 0) is 20.7 Å². The van der Waals surface area contributed by atoms with Crippen LogP contribution >= 0.6 is 0 Å². The van der Waals surface area contributed by atoms with Crippen LogP contribution in [0.4, 0.5) is 0 Å². The van der Waals surface area contributed by atoms with E-state index in [1.165, 1.54) is 37.7 Å². The minimum Gasteiger partial charge on any atom is -0.466 e. The first-order valence-electron chi connectivity index (χ1n) is 17.9. The van der Waals surface area contributed by atoms with Gasteiger partial charge in [0, 0.05) is 19.4 Å². The van der Waals surface area contributed by atoms with E-state index in [1.54, 1.807) is 0 Å². The summed E-state index contributed by atoms with van der Waals surface area (Å²) in [5, 5.41) is 9.45. The number of rotatable bonds is 30. The van der Waals surface area contributed by atoms with Gasteiger partial charge >= 0.3 is 11.9 Å². The number of hydrogen-bond acceptors (Lipinski definition) is 6. The molecule has 1 rings (SSSR count). The van der Waals surface area contributed by atoms with Gasteiger partial charge in [0.25, 0.3) is 0 Å². The predicted molar refractivity (Wildman–Crippen MR) is 179 cm³/mol. The molecule has 0 unspecified atom stereocenters. The SMILES string of the molecule is CCCCCCCCCOC(=O)CCCCCCCN(CCO)CCCCCCCC(=O)Oc1cccc(CCCC)c1. The minimum absolute atomic E-state index is 0.0384. The van der Waals surface area contributed by atoms with E-state index in [0.29, 0.717) is 25.2 Å². The van der Waals surface area contributed by atoms with Gasteiger partial charge in [0.2, 0.25) is 0 Å². The lowest BCUT2D eigenvalue weighted by molar-refractivity contribution is -0.144. The molecule has 6 nitrogen and oxygen atoms in total. The summed E-state index contributed by atoms with van der Waals surface area (Å²) in [6, 6.07) is 7.91. The number of esters is 2. The Morgan fingerprint density at radius 2 is 1.21 bits per heavy atom. The number of hydrogen-bond donors (Lipinski definition) is 1. The standard InChI is InChI=1S/C37H65NO5/c1-3-5-7-8-9-16-21-32-42-36(40)26-17-12-10-14-19-28-38(30-31-39)29-20-15-11-13-18-27-37(41)43-35-25-22-24-34(33-35)23-6-4-2/h22,24-25,33,39H,3-21,23,26-32H2,1-2H3. The van der Waals surface area contributed by atoms with Gasteiger partial charge in [-0.25, -0.2) is 0 Å². The fourth-order valence-corrected chi connectivity index (χ4v) is 5.39. The summed E-state index contributed by atoms with van der Waals surface area (Å²) in [5.41, 5.74) is 1.23. The summed E-state index contributed by atoms with van der Waals surface area (Å²) in [5.74, 6) is 0.487. The van der Waals surface area contributed by atoms with Gasteiger partial charge in [-0.2, -0.15) is 0 Å². The third-order valence-corrected chi connectivity index (χ3v) is 8.09. The Labute approximate surface area is 264 Å². The number of ether oxygens (including phenoxy) is 2. The van der Waals surface area contributed by atoms with Gasteiger partial charge in [0.1, 0.15) is 5.75 Å². The van der Waals surface area contributed by atoms with Crippen molar-refractivity contribution in [2.24, 2.45) is 0 Å². The van der Waals surface area contributed by atoms with E-state index in [1.807, 2.05) is 18.2 Å². The van der Waals surface area contributed by atoms with Crippen molar-refractivity contribution in [3.05, 3.63) is 29.8 Å². The molecular weight excluding hydrogens is 538 g/mol. The topological polar surface area (TPSA) is 76.1 Å². The van der Waals surface area contributed by atoms with Crippen molar-refractivity contribution in [1.82, 2.24) is 4.90 Å². The Kier molecular flexibility index (Phi) is 26.2. The zero-order chi connectivity index (χ0) is 31.2. The summed E-state index contributed by atoms with van der Waals surface area (Å²) in [6.45, 7) is 7.96. The minimum atomic E-state index is -0.138. The fraction of sp³-hybridized carbons (Fsp3) is 0.784. The molecule has 0 heterocycles. The molecule has 0 bridgehead atoms. The van der Waals surface area contributed by atoms with E-state index in [-0.39, 0.29) is 18.5 Å². The first-order chi connectivity index (χ1) is 21.1. The Balaban J connectivity index is 1.98. The maximum atomic E-state index is 12.2. The Bertz CT molecular complexity index is 799. The van der Waals surface area contributed by atoms with Crippen molar-refractivity contribution in [2.45, 2.75) is 155 Å². The van der Waals surface area contributed by atoms with Crippen LogP contribution in [0.5, 0.6) is 5.75 Å². The molecule has 0 aliphatic rings. The van der Waals surface area contributed by atoms with Gasteiger partial charge in [-0.3, -0.25) is 9.59 Å². The number of carbonyl (C=O) groups is 2. The monoisotopic (exact) mass is 603 g/mol. The number of aliphatic hydroxyl groups excluding tert-OH is 1. The van der Waals surface area contributed by atoms with Gasteiger partial charge in [-0.1, -0.05) is 109 Å². The average Bonchev–Trinajstić information content (AvgIpc) is 3.00. The highest BCUT2D eigenvalue weighted by molar-refractivity contribution is 5.72. The van der Waals surface area contributed by atoms with E-state index in [2.05, 4.69) is 24.8 Å². The maximum Gasteiger partial charge on any atom is 0.311 e. The second kappa shape index (κ2) is 28.8. The zero-order valence-corrected chi connectivity index (χ0v) is 27.9. The molecule has 0 radical (unpaired) electrons. The van der Waals surface area contributed by atoms with E-state index in [0.717, 1.165) is 116 Å². The molecule has 1 N–H and O–H groups in total. The number of nitrogens with zero attached hydrogens (tertiary/aromatic N) is 1. The largest absolute Gasteiger partial charge is 0.466 e. The molecule has 43 heavy (non-hydrogen) atoms. The van der Waals surface area contributed by atoms with Crippen LogP contribution in [-0.4, -0.2) is 54.8 Å². The number of aliphatic hydroxyl groups is 1. The van der Waals surface area contributed by atoms with E-state index in [4.69, 9.17) is 9.47 Å². The molecular formula is C37H65NO5. The highest BCUT2D eigenvalue weighted by atomic mass is 16.5. The third-order valence-electron chi connectivity index (χ3n) is 8.09.